The van der Waals surface area contributed by atoms with E-state index in [0.717, 1.165) is 11.5 Å². The third-order valence-electron chi connectivity index (χ3n) is 3.90. The van der Waals surface area contributed by atoms with E-state index in [1.165, 1.54) is 12.3 Å². The first-order valence-electron chi connectivity index (χ1n) is 6.89. The topological polar surface area (TPSA) is 59.1 Å². The molecule has 8 heteroatoms. The van der Waals surface area contributed by atoms with E-state index in [1.807, 2.05) is 0 Å². The monoisotopic (exact) mass is 350 g/mol. The first-order chi connectivity index (χ1) is 11.3. The maximum absolute atomic E-state index is 12.9. The molecule has 24 heavy (non-hydrogen) atoms. The summed E-state index contributed by atoms with van der Waals surface area (Å²) in [5.74, 6) is 0. The summed E-state index contributed by atoms with van der Waals surface area (Å²) < 4.78 is 65.9. The summed E-state index contributed by atoms with van der Waals surface area (Å²) in [6.07, 6.45) is -3.09. The first-order valence-corrected chi connectivity index (χ1v) is 8.38. The van der Waals surface area contributed by atoms with Gasteiger partial charge < -0.3 is 0 Å². The highest BCUT2D eigenvalue weighted by Crippen LogP contribution is 2.44. The van der Waals surface area contributed by atoms with Gasteiger partial charge in [-0.1, -0.05) is 24.3 Å². The Kier molecular flexibility index (Phi) is 2.93. The lowest BCUT2D eigenvalue weighted by atomic mass is 9.99. The van der Waals surface area contributed by atoms with Crippen molar-refractivity contribution in [3.05, 3.63) is 54.2 Å². The molecular formula is C16H9F3N2O2S. The number of benzene rings is 2. The van der Waals surface area contributed by atoms with Gasteiger partial charge in [0.25, 0.3) is 10.0 Å². The molecule has 1 aliphatic rings. The average Bonchev–Trinajstić information content (AvgIpc) is 2.53. The molecule has 0 spiro atoms. The van der Waals surface area contributed by atoms with Crippen molar-refractivity contribution in [3.8, 4) is 11.1 Å². The van der Waals surface area contributed by atoms with Crippen molar-refractivity contribution in [2.45, 2.75) is 11.1 Å². The van der Waals surface area contributed by atoms with Crippen LogP contribution in [0.4, 0.5) is 18.9 Å². The molecule has 3 aromatic rings. The summed E-state index contributed by atoms with van der Waals surface area (Å²) >= 11 is 0. The molecule has 0 saturated heterocycles. The number of halogens is 3. The molecule has 2 heterocycles. The highest BCUT2D eigenvalue weighted by molar-refractivity contribution is 7.93. The fourth-order valence-electron chi connectivity index (χ4n) is 2.81. The fraction of sp³-hybridized carbons (Fsp3) is 0.0625. The van der Waals surface area contributed by atoms with Gasteiger partial charge in [-0.3, -0.25) is 9.71 Å². The number of aromatic nitrogens is 1. The zero-order chi connectivity index (χ0) is 17.1. The van der Waals surface area contributed by atoms with E-state index in [4.69, 9.17) is 0 Å². The van der Waals surface area contributed by atoms with Crippen molar-refractivity contribution in [2.75, 3.05) is 4.72 Å². The van der Waals surface area contributed by atoms with Crippen molar-refractivity contribution in [2.24, 2.45) is 0 Å². The third kappa shape index (κ3) is 2.14. The summed E-state index contributed by atoms with van der Waals surface area (Å²) in [5.41, 5.74) is 0.447. The van der Waals surface area contributed by atoms with Crippen molar-refractivity contribution < 1.29 is 21.6 Å². The summed E-state index contributed by atoms with van der Waals surface area (Å²) in [6, 6.07) is 9.64. The van der Waals surface area contributed by atoms with Crippen LogP contribution in [-0.4, -0.2) is 13.4 Å². The van der Waals surface area contributed by atoms with Crippen molar-refractivity contribution in [3.63, 3.8) is 0 Å². The fourth-order valence-corrected chi connectivity index (χ4v) is 4.14. The van der Waals surface area contributed by atoms with Crippen molar-refractivity contribution in [1.82, 2.24) is 4.98 Å². The van der Waals surface area contributed by atoms with Gasteiger partial charge in [0, 0.05) is 22.7 Å². The van der Waals surface area contributed by atoms with Crippen LogP contribution >= 0.6 is 0 Å². The standard InChI is InChI=1S/C16H9F3N2O2S/c17-16(18,19)10-4-6-11-12-5-3-9-2-1-7-20-14(9)15(12)21-24(22,23)13(11)8-10/h1-8,21H. The quantitative estimate of drug-likeness (QED) is 0.666. The first kappa shape index (κ1) is 14.9. The smallest absolute Gasteiger partial charge is 0.277 e. The average molecular weight is 350 g/mol. The van der Waals surface area contributed by atoms with Crippen molar-refractivity contribution in [1.29, 1.82) is 0 Å². The minimum absolute atomic E-state index is 0.226. The lowest BCUT2D eigenvalue weighted by Crippen LogP contribution is -2.20. The number of sulfonamides is 1. The van der Waals surface area contributed by atoms with Crippen LogP contribution in [0.2, 0.25) is 0 Å². The number of pyridine rings is 1. The Balaban J connectivity index is 2.06. The Morgan fingerprint density at radius 1 is 1.00 bits per heavy atom. The Morgan fingerprint density at radius 3 is 2.50 bits per heavy atom. The van der Waals surface area contributed by atoms with E-state index < -0.39 is 21.8 Å². The number of hydrogen-bond acceptors (Lipinski definition) is 3. The third-order valence-corrected chi connectivity index (χ3v) is 5.29. The molecule has 0 unspecified atom stereocenters. The van der Waals surface area contributed by atoms with Crippen LogP contribution < -0.4 is 4.72 Å². The Hall–Kier alpha value is -2.61. The number of fused-ring (bicyclic) bond motifs is 5. The predicted molar refractivity (Wildman–Crippen MR) is 83.0 cm³/mol. The zero-order valence-electron chi connectivity index (χ0n) is 11.9. The number of anilines is 1. The summed E-state index contributed by atoms with van der Waals surface area (Å²) in [7, 11) is -4.12. The Labute approximate surface area is 135 Å². The second-order valence-electron chi connectivity index (χ2n) is 5.38. The second kappa shape index (κ2) is 4.70. The van der Waals surface area contributed by atoms with Crippen LogP contribution in [-0.2, 0) is 16.2 Å². The molecule has 122 valence electrons. The van der Waals surface area contributed by atoms with Gasteiger partial charge in [0.1, 0.15) is 0 Å². The minimum Gasteiger partial charge on any atom is -0.277 e. The van der Waals surface area contributed by atoms with Gasteiger partial charge in [-0.05, 0) is 18.2 Å². The molecule has 4 rings (SSSR count). The van der Waals surface area contributed by atoms with Crippen LogP contribution in [0.3, 0.4) is 0 Å². The van der Waals surface area contributed by atoms with E-state index >= 15 is 0 Å². The van der Waals surface area contributed by atoms with Gasteiger partial charge >= 0.3 is 6.18 Å². The maximum Gasteiger partial charge on any atom is 0.416 e. The highest BCUT2D eigenvalue weighted by Gasteiger charge is 2.35. The molecule has 0 amide bonds. The number of nitrogens with one attached hydrogen (secondary N) is 1. The van der Waals surface area contributed by atoms with Gasteiger partial charge in [0.15, 0.2) is 0 Å². The van der Waals surface area contributed by atoms with E-state index in [0.29, 0.717) is 17.1 Å². The number of rotatable bonds is 0. The predicted octanol–water partition coefficient (Wildman–Crippen LogP) is 4.03. The molecule has 0 aliphatic carbocycles. The molecular weight excluding hydrogens is 341 g/mol. The van der Waals surface area contributed by atoms with Gasteiger partial charge in [-0.15, -0.1) is 0 Å². The molecule has 4 nitrogen and oxygen atoms in total. The number of nitrogens with zero attached hydrogens (tertiary/aromatic N) is 1. The van der Waals surface area contributed by atoms with Crippen LogP contribution in [0, 0.1) is 0 Å². The van der Waals surface area contributed by atoms with E-state index in [1.54, 1.807) is 24.3 Å². The molecule has 1 aromatic heterocycles. The lowest BCUT2D eigenvalue weighted by molar-refractivity contribution is -0.137. The Bertz CT molecular complexity index is 1090. The molecule has 0 saturated carbocycles. The summed E-state index contributed by atoms with van der Waals surface area (Å²) in [6.45, 7) is 0. The van der Waals surface area contributed by atoms with Gasteiger partial charge in [0.2, 0.25) is 0 Å². The van der Waals surface area contributed by atoms with Crippen LogP contribution in [0.15, 0.2) is 53.6 Å². The summed E-state index contributed by atoms with van der Waals surface area (Å²) in [4.78, 5) is 3.79. The molecule has 0 radical (unpaired) electrons. The largest absolute Gasteiger partial charge is 0.416 e. The Morgan fingerprint density at radius 2 is 1.75 bits per heavy atom. The van der Waals surface area contributed by atoms with Crippen LogP contribution in [0.5, 0.6) is 0 Å². The molecule has 0 atom stereocenters. The molecule has 2 aromatic carbocycles. The molecule has 0 bridgehead atoms. The minimum atomic E-state index is -4.62. The lowest BCUT2D eigenvalue weighted by Gasteiger charge is -2.23. The van der Waals surface area contributed by atoms with Crippen LogP contribution in [0.1, 0.15) is 5.56 Å². The molecule has 1 aliphatic heterocycles. The molecule has 0 fully saturated rings. The number of hydrogen-bond donors (Lipinski definition) is 1. The van der Waals surface area contributed by atoms with Gasteiger partial charge in [-0.25, -0.2) is 8.42 Å². The normalized spacial score (nSPS) is 15.5. The van der Waals surface area contributed by atoms with E-state index in [2.05, 4.69) is 9.71 Å². The molecule has 1 N–H and O–H groups in total. The SMILES string of the molecule is O=S1(=O)Nc2c(ccc3cccnc23)-c2ccc(C(F)(F)F)cc21. The van der Waals surface area contributed by atoms with E-state index in [-0.39, 0.29) is 16.1 Å². The van der Waals surface area contributed by atoms with E-state index in [9.17, 15) is 21.6 Å². The number of alkyl halides is 3. The summed E-state index contributed by atoms with van der Waals surface area (Å²) in [5, 5.41) is 0.731. The van der Waals surface area contributed by atoms with Gasteiger partial charge in [-0.2, -0.15) is 13.2 Å². The maximum atomic E-state index is 12.9. The van der Waals surface area contributed by atoms with Crippen LogP contribution in [0.25, 0.3) is 22.0 Å². The van der Waals surface area contributed by atoms with Crippen molar-refractivity contribution >= 4 is 26.6 Å². The second-order valence-corrected chi connectivity index (χ2v) is 7.03. The van der Waals surface area contributed by atoms with Gasteiger partial charge in [0.05, 0.1) is 21.7 Å². The highest BCUT2D eigenvalue weighted by atomic mass is 32.2. The zero-order valence-corrected chi connectivity index (χ0v) is 12.7.